The van der Waals surface area contributed by atoms with Crippen LogP contribution in [0.15, 0.2) is 11.6 Å². The van der Waals surface area contributed by atoms with Gasteiger partial charge < -0.3 is 5.11 Å². The highest BCUT2D eigenvalue weighted by Gasteiger charge is 2.53. The van der Waals surface area contributed by atoms with E-state index in [9.17, 15) is 5.11 Å². The molecule has 1 fully saturated rings. The zero-order valence-electron chi connectivity index (χ0n) is 10.2. The molecule has 0 aliphatic heterocycles. The summed E-state index contributed by atoms with van der Waals surface area (Å²) in [5.41, 5.74) is 0.963. The van der Waals surface area contributed by atoms with E-state index in [2.05, 4.69) is 13.0 Å². The maximum Gasteiger partial charge on any atom is 0.0882 e. The van der Waals surface area contributed by atoms with Crippen LogP contribution < -0.4 is 0 Å². The summed E-state index contributed by atoms with van der Waals surface area (Å²) in [5.74, 6) is 0. The van der Waals surface area contributed by atoms with Crippen LogP contribution in [0.25, 0.3) is 0 Å². The van der Waals surface area contributed by atoms with Crippen molar-refractivity contribution in [1.82, 2.24) is 0 Å². The first kappa shape index (κ1) is 11.2. The van der Waals surface area contributed by atoms with E-state index in [0.717, 1.165) is 6.42 Å². The second kappa shape index (κ2) is 3.93. The highest BCUT2D eigenvalue weighted by atomic mass is 16.3. The molecular weight excluding hydrogens is 184 g/mol. The third-order valence-electron chi connectivity index (χ3n) is 4.59. The molecule has 1 saturated carbocycles. The molecule has 1 unspecified atom stereocenters. The Morgan fingerprint density at radius 1 is 1.20 bits per heavy atom. The van der Waals surface area contributed by atoms with Crippen molar-refractivity contribution >= 4 is 0 Å². The van der Waals surface area contributed by atoms with Crippen molar-refractivity contribution < 1.29 is 5.11 Å². The Bertz CT molecular complexity index is 259. The maximum atomic E-state index is 10.7. The molecular formula is C14H24O. The van der Waals surface area contributed by atoms with E-state index in [1.807, 2.05) is 6.92 Å². The van der Waals surface area contributed by atoms with Crippen molar-refractivity contribution in [3.63, 3.8) is 0 Å². The van der Waals surface area contributed by atoms with Gasteiger partial charge >= 0.3 is 0 Å². The van der Waals surface area contributed by atoms with E-state index >= 15 is 0 Å². The summed E-state index contributed by atoms with van der Waals surface area (Å²) in [6, 6.07) is 0. The van der Waals surface area contributed by atoms with Crippen LogP contribution >= 0.6 is 0 Å². The van der Waals surface area contributed by atoms with E-state index in [4.69, 9.17) is 0 Å². The zero-order chi connectivity index (χ0) is 10.9. The van der Waals surface area contributed by atoms with Crippen molar-refractivity contribution in [3.05, 3.63) is 11.6 Å². The van der Waals surface area contributed by atoms with Gasteiger partial charge in [0.1, 0.15) is 0 Å². The van der Waals surface area contributed by atoms with Crippen LogP contribution in [0.4, 0.5) is 0 Å². The molecule has 0 spiro atoms. The minimum Gasteiger partial charge on any atom is -0.385 e. The van der Waals surface area contributed by atoms with Gasteiger partial charge in [0.15, 0.2) is 0 Å². The van der Waals surface area contributed by atoms with Crippen LogP contribution in [-0.2, 0) is 0 Å². The van der Waals surface area contributed by atoms with Gasteiger partial charge in [-0.15, -0.1) is 0 Å². The third kappa shape index (κ3) is 2.13. The highest BCUT2D eigenvalue weighted by molar-refractivity contribution is 5.24. The summed E-state index contributed by atoms with van der Waals surface area (Å²) >= 11 is 0. The van der Waals surface area contributed by atoms with Gasteiger partial charge in [0.25, 0.3) is 0 Å². The van der Waals surface area contributed by atoms with Gasteiger partial charge in [-0.25, -0.2) is 0 Å². The van der Waals surface area contributed by atoms with Crippen LogP contribution in [0.5, 0.6) is 0 Å². The van der Waals surface area contributed by atoms with Crippen molar-refractivity contribution in [2.45, 2.75) is 70.8 Å². The number of hydrogen-bond donors (Lipinski definition) is 1. The summed E-state index contributed by atoms with van der Waals surface area (Å²) in [4.78, 5) is 0. The lowest BCUT2D eigenvalue weighted by molar-refractivity contribution is 0.0246. The van der Waals surface area contributed by atoms with Crippen molar-refractivity contribution in [2.24, 2.45) is 5.41 Å². The lowest BCUT2D eigenvalue weighted by Gasteiger charge is -2.34. The summed E-state index contributed by atoms with van der Waals surface area (Å²) in [6.45, 7) is 4.26. The van der Waals surface area contributed by atoms with Gasteiger partial charge in [-0.2, -0.15) is 0 Å². The molecule has 0 amide bonds. The molecule has 0 radical (unpaired) electrons. The molecule has 2 aliphatic carbocycles. The predicted octanol–water partition coefficient (Wildman–Crippen LogP) is 3.82. The Hall–Kier alpha value is -0.300. The molecule has 1 heteroatoms. The van der Waals surface area contributed by atoms with Gasteiger partial charge in [0, 0.05) is 0 Å². The Balaban J connectivity index is 2.12. The first-order valence-corrected chi connectivity index (χ1v) is 6.48. The van der Waals surface area contributed by atoms with Gasteiger partial charge in [0.2, 0.25) is 0 Å². The minimum atomic E-state index is -0.537. The molecule has 86 valence electrons. The Kier molecular flexibility index (Phi) is 2.94. The fourth-order valence-electron chi connectivity index (χ4n) is 2.70. The quantitative estimate of drug-likeness (QED) is 0.684. The molecule has 0 saturated heterocycles. The Morgan fingerprint density at radius 3 is 2.53 bits per heavy atom. The molecule has 1 nitrogen and oxygen atoms in total. The SMILES string of the molecule is CC1(C(C)(O)C2=CCCCCCC2)CC1. The summed E-state index contributed by atoms with van der Waals surface area (Å²) in [7, 11) is 0. The second-order valence-corrected chi connectivity index (χ2v) is 5.82. The molecule has 15 heavy (non-hydrogen) atoms. The predicted molar refractivity (Wildman–Crippen MR) is 63.7 cm³/mol. The first-order chi connectivity index (χ1) is 7.06. The standard InChI is InChI=1S/C14H24O/c1-13(10-11-13)14(2,15)12-8-6-4-3-5-7-9-12/h8,15H,3-7,9-11H2,1-2H3. The molecule has 1 N–H and O–H groups in total. The van der Waals surface area contributed by atoms with E-state index in [1.54, 1.807) is 0 Å². The number of aliphatic hydroxyl groups is 1. The number of rotatable bonds is 2. The highest BCUT2D eigenvalue weighted by Crippen LogP contribution is 2.56. The average Bonchev–Trinajstić information content (AvgIpc) is 2.83. The smallest absolute Gasteiger partial charge is 0.0882 e. The van der Waals surface area contributed by atoms with E-state index in [1.165, 1.54) is 50.5 Å². The monoisotopic (exact) mass is 208 g/mol. The second-order valence-electron chi connectivity index (χ2n) is 5.82. The van der Waals surface area contributed by atoms with Crippen molar-refractivity contribution in [3.8, 4) is 0 Å². The summed E-state index contributed by atoms with van der Waals surface area (Å²) in [6.07, 6.45) is 12.3. The zero-order valence-corrected chi connectivity index (χ0v) is 10.2. The van der Waals surface area contributed by atoms with Crippen LogP contribution in [0, 0.1) is 5.41 Å². The third-order valence-corrected chi connectivity index (χ3v) is 4.59. The topological polar surface area (TPSA) is 20.2 Å². The summed E-state index contributed by atoms with van der Waals surface area (Å²) < 4.78 is 0. The fraction of sp³-hybridized carbons (Fsp3) is 0.857. The summed E-state index contributed by atoms with van der Waals surface area (Å²) in [5, 5.41) is 10.7. The molecule has 2 aliphatic rings. The van der Waals surface area contributed by atoms with E-state index in [-0.39, 0.29) is 5.41 Å². The lowest BCUT2D eigenvalue weighted by atomic mass is 9.77. The van der Waals surface area contributed by atoms with Crippen LogP contribution in [0.1, 0.15) is 65.2 Å². The minimum absolute atomic E-state index is 0.179. The maximum absolute atomic E-state index is 10.7. The van der Waals surface area contributed by atoms with Gasteiger partial charge in [-0.3, -0.25) is 0 Å². The Labute approximate surface area is 93.6 Å². The molecule has 0 bridgehead atoms. The lowest BCUT2D eigenvalue weighted by Crippen LogP contribution is -2.36. The Morgan fingerprint density at radius 2 is 1.87 bits per heavy atom. The molecule has 1 atom stereocenters. The van der Waals surface area contributed by atoms with Gasteiger partial charge in [-0.05, 0) is 56.4 Å². The van der Waals surface area contributed by atoms with Crippen LogP contribution in [-0.4, -0.2) is 10.7 Å². The normalized spacial score (nSPS) is 29.7. The fourth-order valence-corrected chi connectivity index (χ4v) is 2.70. The average molecular weight is 208 g/mol. The van der Waals surface area contributed by atoms with Crippen molar-refractivity contribution in [1.29, 1.82) is 0 Å². The van der Waals surface area contributed by atoms with E-state index < -0.39 is 5.60 Å². The molecule has 0 aromatic carbocycles. The van der Waals surface area contributed by atoms with E-state index in [0.29, 0.717) is 0 Å². The number of hydrogen-bond acceptors (Lipinski definition) is 1. The molecule has 0 heterocycles. The van der Waals surface area contributed by atoms with Crippen LogP contribution in [0.3, 0.4) is 0 Å². The number of allylic oxidation sites excluding steroid dienone is 1. The van der Waals surface area contributed by atoms with Gasteiger partial charge in [0.05, 0.1) is 5.60 Å². The molecule has 0 aromatic heterocycles. The van der Waals surface area contributed by atoms with Crippen LogP contribution in [0.2, 0.25) is 0 Å². The first-order valence-electron chi connectivity index (χ1n) is 6.48. The van der Waals surface area contributed by atoms with Gasteiger partial charge in [-0.1, -0.05) is 25.8 Å². The largest absolute Gasteiger partial charge is 0.385 e. The van der Waals surface area contributed by atoms with Crippen molar-refractivity contribution in [2.75, 3.05) is 0 Å². The molecule has 0 aromatic rings. The molecule has 2 rings (SSSR count).